The molecular weight excluding hydrogens is 1270 g/mol. The maximum absolute atomic E-state index is 2.72. The zero-order valence-corrected chi connectivity index (χ0v) is 58.8. The number of hydrogen-bond donors (Lipinski definition) is 0. The molecule has 0 radical (unpaired) electrons. The lowest BCUT2D eigenvalue weighted by Crippen LogP contribution is -2.61. The van der Waals surface area contributed by atoms with Crippen LogP contribution >= 0.6 is 0 Å². The highest BCUT2D eigenvalue weighted by Gasteiger charge is 2.50. The Kier molecular flexibility index (Phi) is 14.5. The first kappa shape index (κ1) is 61.8. The lowest BCUT2D eigenvalue weighted by molar-refractivity contribution is 0.590. The average molecular weight is 1340 g/mol. The van der Waals surface area contributed by atoms with Crippen LogP contribution < -0.4 is 26.2 Å². The van der Waals surface area contributed by atoms with Crippen LogP contribution in [0.5, 0.6) is 0 Å². The van der Waals surface area contributed by atoms with Crippen LogP contribution in [-0.2, 0) is 10.8 Å². The molecule has 1 aromatic heterocycles. The first-order chi connectivity index (χ1) is 51.8. The highest BCUT2D eigenvalue weighted by molar-refractivity contribution is 7.00. The molecule has 0 unspecified atom stereocenters. The SMILES string of the molecule is CC(C)(C)c1ccc(-c2ccc3c(c2)B2c4ccc(-n5c6ccccc6c6ccccc65)cc4N(c4c(-c5ccccc5)cccc4-c4ccccc4)c4cc(-c5cccc6c5C(c5ccccc5)(c5ccccc5)c5ccccc5-6)cc(c42)N3c2c(-c3ccccc3)cccc2-c2ccccc2)cc1. The Morgan fingerprint density at radius 3 is 1.20 bits per heavy atom. The van der Waals surface area contributed by atoms with E-state index in [0.29, 0.717) is 0 Å². The van der Waals surface area contributed by atoms with Gasteiger partial charge in [-0.3, -0.25) is 0 Å². The zero-order chi connectivity index (χ0) is 69.9. The summed E-state index contributed by atoms with van der Waals surface area (Å²) in [6.07, 6.45) is 0. The monoisotopic (exact) mass is 1340 g/mol. The third kappa shape index (κ3) is 9.74. The molecule has 4 heteroatoms. The Balaban J connectivity index is 0.986. The van der Waals surface area contributed by atoms with Crippen molar-refractivity contribution in [2.24, 2.45) is 0 Å². The summed E-state index contributed by atoms with van der Waals surface area (Å²) < 4.78 is 2.50. The van der Waals surface area contributed by atoms with Crippen LogP contribution in [0.3, 0.4) is 0 Å². The van der Waals surface area contributed by atoms with Crippen LogP contribution in [0, 0.1) is 0 Å². The Morgan fingerprint density at radius 2 is 0.695 bits per heavy atom. The Labute approximate surface area is 614 Å². The predicted octanol–water partition coefficient (Wildman–Crippen LogP) is 24.5. The van der Waals surface area contributed by atoms with E-state index in [1.165, 1.54) is 77.2 Å². The lowest BCUT2D eigenvalue weighted by Gasteiger charge is -2.46. The highest BCUT2D eigenvalue weighted by atomic mass is 15.2. The minimum atomic E-state index is -0.723. The Bertz CT molecular complexity index is 6030. The molecule has 105 heavy (non-hydrogen) atoms. The molecule has 16 aromatic carbocycles. The van der Waals surface area contributed by atoms with Gasteiger partial charge in [0.25, 0.3) is 6.71 Å². The molecule has 17 aromatic rings. The van der Waals surface area contributed by atoms with Crippen LogP contribution in [0.25, 0.3) is 105 Å². The van der Waals surface area contributed by atoms with Gasteiger partial charge in [0.1, 0.15) is 0 Å². The summed E-state index contributed by atoms with van der Waals surface area (Å²) >= 11 is 0. The number of rotatable bonds is 11. The van der Waals surface area contributed by atoms with Gasteiger partial charge in [0.2, 0.25) is 0 Å². The summed E-state index contributed by atoms with van der Waals surface area (Å²) in [5.41, 5.74) is 35.4. The van der Waals surface area contributed by atoms with Crippen molar-refractivity contribution in [3.05, 3.63) is 410 Å². The van der Waals surface area contributed by atoms with E-state index in [1.54, 1.807) is 0 Å². The second-order valence-corrected chi connectivity index (χ2v) is 29.4. The summed E-state index contributed by atoms with van der Waals surface area (Å²) in [6, 6.07) is 144. The standard InChI is InChI=1S/C101H72BN3/c1-100(2,3)74-58-55-67(56-59-74)72-57-62-92-89(63-72)102-88-61-60-77(103-90-53-26-23-44-84(90)85-45-24-27-54-91(85)103)66-93(88)105(99-81(70-35-14-6-15-36-70)49-30-50-82(99)71-37-16-7-17-38-71)95-65-73(64-94(97(95)102)104(92)98-79(68-31-10-4-11-32-68)47-29-48-80(98)69-33-12-5-13-34-69)78-46-28-51-86-83-43-22-25-52-87(83)101(96(78)86,75-39-18-8-19-40-75)76-41-20-9-21-42-76/h4-66H,1-3H3. The fraction of sp³-hybridized carbons (Fsp3) is 0.0495. The summed E-state index contributed by atoms with van der Waals surface area (Å²) in [6.45, 7) is 6.63. The van der Waals surface area contributed by atoms with Crippen molar-refractivity contribution in [1.82, 2.24) is 4.57 Å². The third-order valence-corrected chi connectivity index (χ3v) is 22.6. The molecule has 3 nitrogen and oxygen atoms in total. The molecule has 0 atom stereocenters. The molecule has 0 saturated carbocycles. The van der Waals surface area contributed by atoms with Crippen molar-refractivity contribution in [2.45, 2.75) is 31.6 Å². The van der Waals surface area contributed by atoms with E-state index in [2.05, 4.69) is 417 Å². The number of fused-ring (bicyclic) bond motifs is 10. The van der Waals surface area contributed by atoms with Crippen molar-refractivity contribution >= 4 is 79.0 Å². The number of hydrogen-bond acceptors (Lipinski definition) is 2. The quantitative estimate of drug-likeness (QED) is 0.120. The van der Waals surface area contributed by atoms with Crippen LogP contribution in [0.15, 0.2) is 382 Å². The van der Waals surface area contributed by atoms with Gasteiger partial charge in [-0.25, -0.2) is 0 Å². The van der Waals surface area contributed by atoms with Crippen LogP contribution in [0.2, 0.25) is 0 Å². The first-order valence-corrected chi connectivity index (χ1v) is 36.8. The van der Waals surface area contributed by atoms with Gasteiger partial charge < -0.3 is 14.4 Å². The van der Waals surface area contributed by atoms with E-state index in [1.807, 2.05) is 0 Å². The van der Waals surface area contributed by atoms with Crippen molar-refractivity contribution in [3.63, 3.8) is 0 Å². The van der Waals surface area contributed by atoms with Gasteiger partial charge >= 0.3 is 0 Å². The van der Waals surface area contributed by atoms with Crippen molar-refractivity contribution < 1.29 is 0 Å². The number of aromatic nitrogens is 1. The highest BCUT2D eigenvalue weighted by Crippen LogP contribution is 2.61. The van der Waals surface area contributed by atoms with Gasteiger partial charge in [-0.1, -0.05) is 360 Å². The molecule has 0 amide bonds. The van der Waals surface area contributed by atoms with E-state index in [-0.39, 0.29) is 12.1 Å². The summed E-state index contributed by atoms with van der Waals surface area (Å²) in [7, 11) is 0. The van der Waals surface area contributed by atoms with Gasteiger partial charge in [-0.2, -0.15) is 0 Å². The number of benzene rings is 16. The fourth-order valence-electron chi connectivity index (χ4n) is 18.0. The van der Waals surface area contributed by atoms with Crippen molar-refractivity contribution in [2.75, 3.05) is 9.80 Å². The molecule has 1 aliphatic carbocycles. The molecule has 0 N–H and O–H groups in total. The molecule has 0 bridgehead atoms. The molecule has 20 rings (SSSR count). The zero-order valence-electron chi connectivity index (χ0n) is 58.8. The number of anilines is 6. The van der Waals surface area contributed by atoms with Gasteiger partial charge in [-0.05, 0) is 148 Å². The van der Waals surface area contributed by atoms with E-state index in [4.69, 9.17) is 0 Å². The summed E-state index contributed by atoms with van der Waals surface area (Å²) in [5, 5.41) is 2.44. The van der Waals surface area contributed by atoms with Gasteiger partial charge in [0.15, 0.2) is 0 Å². The minimum Gasteiger partial charge on any atom is -0.310 e. The van der Waals surface area contributed by atoms with Gasteiger partial charge in [0, 0.05) is 61.5 Å². The minimum absolute atomic E-state index is 0.0138. The smallest absolute Gasteiger partial charge is 0.252 e. The van der Waals surface area contributed by atoms with Crippen LogP contribution in [0.1, 0.15) is 48.6 Å². The average Bonchev–Trinajstić information content (AvgIpc) is 1.68. The van der Waals surface area contributed by atoms with Crippen molar-refractivity contribution in [1.29, 1.82) is 0 Å². The largest absolute Gasteiger partial charge is 0.310 e. The maximum atomic E-state index is 2.72. The second-order valence-electron chi connectivity index (χ2n) is 29.4. The number of nitrogens with zero attached hydrogens (tertiary/aromatic N) is 3. The van der Waals surface area contributed by atoms with Gasteiger partial charge in [-0.15, -0.1) is 0 Å². The third-order valence-electron chi connectivity index (χ3n) is 22.6. The van der Waals surface area contributed by atoms with Crippen LogP contribution in [0.4, 0.5) is 34.1 Å². The molecular formula is C101H72BN3. The summed E-state index contributed by atoms with van der Waals surface area (Å²) in [5.74, 6) is 0. The Morgan fingerprint density at radius 1 is 0.276 bits per heavy atom. The van der Waals surface area contributed by atoms with E-state index < -0.39 is 5.41 Å². The first-order valence-electron chi connectivity index (χ1n) is 36.8. The molecule has 0 saturated heterocycles. The lowest BCUT2D eigenvalue weighted by atomic mass is 9.33. The van der Waals surface area contributed by atoms with E-state index >= 15 is 0 Å². The topological polar surface area (TPSA) is 11.4 Å². The maximum Gasteiger partial charge on any atom is 0.252 e. The summed E-state index contributed by atoms with van der Waals surface area (Å²) in [4.78, 5) is 5.41. The Hall–Kier alpha value is -13.0. The number of para-hydroxylation sites is 4. The van der Waals surface area contributed by atoms with Gasteiger partial charge in [0.05, 0.1) is 27.8 Å². The predicted molar refractivity (Wildman–Crippen MR) is 443 cm³/mol. The van der Waals surface area contributed by atoms with Crippen molar-refractivity contribution in [3.8, 4) is 83.6 Å². The normalized spacial score (nSPS) is 13.1. The van der Waals surface area contributed by atoms with E-state index in [9.17, 15) is 0 Å². The molecule has 0 spiro atoms. The molecule has 2 aliphatic heterocycles. The molecule has 3 aliphatic rings. The molecule has 494 valence electrons. The van der Waals surface area contributed by atoms with E-state index in [0.717, 1.165) is 106 Å². The second kappa shape index (κ2) is 24.6. The molecule has 3 heterocycles. The van der Waals surface area contributed by atoms with Crippen LogP contribution in [-0.4, -0.2) is 11.3 Å². The molecule has 0 fully saturated rings. The fourth-order valence-corrected chi connectivity index (χ4v) is 18.0.